The van der Waals surface area contributed by atoms with Gasteiger partial charge in [0.1, 0.15) is 0 Å². The average molecular weight is 345 g/mol. The Balaban J connectivity index is 1.95. The van der Waals surface area contributed by atoms with E-state index in [0.717, 1.165) is 6.54 Å². The Bertz CT molecular complexity index is 397. The van der Waals surface area contributed by atoms with Crippen LogP contribution in [0.2, 0.25) is 0 Å². The molecule has 1 aromatic rings. The van der Waals surface area contributed by atoms with Crippen LogP contribution in [0.3, 0.4) is 0 Å². The first kappa shape index (κ1) is 15.5. The lowest BCUT2D eigenvalue weighted by Crippen LogP contribution is -2.53. The zero-order chi connectivity index (χ0) is 13.9. The minimum absolute atomic E-state index is 0.362. The topological polar surface area (TPSA) is 15.3 Å². The van der Waals surface area contributed by atoms with Gasteiger partial charge < -0.3 is 10.2 Å². The van der Waals surface area contributed by atoms with E-state index in [2.05, 4.69) is 59.3 Å². The number of thiophene rings is 1. The zero-order valence-electron chi connectivity index (χ0n) is 12.2. The molecule has 4 heteroatoms. The van der Waals surface area contributed by atoms with Crippen LogP contribution in [0.1, 0.15) is 49.9 Å². The van der Waals surface area contributed by atoms with Gasteiger partial charge in [-0.1, -0.05) is 19.3 Å². The highest BCUT2D eigenvalue weighted by Gasteiger charge is 2.34. The third-order valence-electron chi connectivity index (χ3n) is 4.49. The van der Waals surface area contributed by atoms with Crippen LogP contribution in [-0.4, -0.2) is 31.1 Å². The summed E-state index contributed by atoms with van der Waals surface area (Å²) in [5, 5.41) is 3.75. The van der Waals surface area contributed by atoms with Crippen LogP contribution in [-0.2, 0) is 0 Å². The van der Waals surface area contributed by atoms with Gasteiger partial charge in [-0.15, -0.1) is 11.3 Å². The highest BCUT2D eigenvalue weighted by atomic mass is 79.9. The third kappa shape index (κ3) is 3.81. The van der Waals surface area contributed by atoms with Crippen LogP contribution in [0.15, 0.2) is 15.9 Å². The fraction of sp³-hybridized carbons (Fsp3) is 0.733. The molecule has 0 aromatic carbocycles. The summed E-state index contributed by atoms with van der Waals surface area (Å²) in [6.45, 7) is 3.36. The summed E-state index contributed by atoms with van der Waals surface area (Å²) in [4.78, 5) is 3.85. The molecule has 1 atom stereocenters. The Morgan fingerprint density at radius 1 is 1.32 bits per heavy atom. The summed E-state index contributed by atoms with van der Waals surface area (Å²) in [7, 11) is 4.47. The van der Waals surface area contributed by atoms with Crippen molar-refractivity contribution in [2.24, 2.45) is 0 Å². The maximum absolute atomic E-state index is 3.75. The summed E-state index contributed by atoms with van der Waals surface area (Å²) in [5.41, 5.74) is 0.362. The van der Waals surface area contributed by atoms with Crippen LogP contribution >= 0.6 is 27.3 Å². The number of likely N-dealkylation sites (N-methyl/N-ethyl adjacent to an activating group) is 1. The second kappa shape index (κ2) is 6.70. The smallest absolute Gasteiger partial charge is 0.0701 e. The SMILES string of the molecule is CC(NCC1(N(C)C)CCCCC1)c1ccc(Br)s1. The van der Waals surface area contributed by atoms with E-state index in [1.807, 2.05) is 11.3 Å². The van der Waals surface area contributed by atoms with Gasteiger partial charge in [-0.05, 0) is 61.9 Å². The van der Waals surface area contributed by atoms with Crippen molar-refractivity contribution in [2.45, 2.75) is 50.6 Å². The van der Waals surface area contributed by atoms with E-state index in [1.165, 1.54) is 40.8 Å². The fourth-order valence-corrected chi connectivity index (χ4v) is 4.45. The summed E-state index contributed by atoms with van der Waals surface area (Å²) in [5.74, 6) is 0. The monoisotopic (exact) mass is 344 g/mol. The predicted octanol–water partition coefficient (Wildman–Crippen LogP) is 4.43. The number of rotatable bonds is 5. The minimum Gasteiger partial charge on any atom is -0.308 e. The number of nitrogens with one attached hydrogen (secondary N) is 1. The van der Waals surface area contributed by atoms with Gasteiger partial charge >= 0.3 is 0 Å². The molecule has 108 valence electrons. The number of halogens is 1. The lowest BCUT2D eigenvalue weighted by atomic mass is 9.80. The van der Waals surface area contributed by atoms with E-state index in [-0.39, 0.29) is 0 Å². The van der Waals surface area contributed by atoms with Crippen molar-refractivity contribution < 1.29 is 0 Å². The van der Waals surface area contributed by atoms with Gasteiger partial charge in [0.05, 0.1) is 3.79 Å². The van der Waals surface area contributed by atoms with E-state index in [0.29, 0.717) is 11.6 Å². The Kier molecular flexibility index (Phi) is 5.46. The van der Waals surface area contributed by atoms with Gasteiger partial charge in [-0.2, -0.15) is 0 Å². The number of nitrogens with zero attached hydrogens (tertiary/aromatic N) is 1. The van der Waals surface area contributed by atoms with E-state index in [9.17, 15) is 0 Å². The standard InChI is InChI=1S/C15H25BrN2S/c1-12(13-7-8-14(16)19-13)17-11-15(18(2)3)9-5-4-6-10-15/h7-8,12,17H,4-6,9-11H2,1-3H3. The number of hydrogen-bond acceptors (Lipinski definition) is 3. The molecule has 0 radical (unpaired) electrons. The van der Waals surface area contributed by atoms with Gasteiger partial charge in [0.15, 0.2) is 0 Å². The fourth-order valence-electron chi connectivity index (χ4n) is 3.00. The average Bonchev–Trinajstić information content (AvgIpc) is 2.83. The largest absolute Gasteiger partial charge is 0.308 e. The highest BCUT2D eigenvalue weighted by Crippen LogP contribution is 2.33. The van der Waals surface area contributed by atoms with Gasteiger partial charge in [-0.3, -0.25) is 0 Å². The Morgan fingerprint density at radius 2 is 2.00 bits per heavy atom. The molecule has 1 heterocycles. The van der Waals surface area contributed by atoms with Gasteiger partial charge in [-0.25, -0.2) is 0 Å². The van der Waals surface area contributed by atoms with Crippen LogP contribution in [0.4, 0.5) is 0 Å². The van der Waals surface area contributed by atoms with E-state index in [1.54, 1.807) is 0 Å². The van der Waals surface area contributed by atoms with E-state index < -0.39 is 0 Å². The first-order chi connectivity index (χ1) is 9.03. The molecule has 19 heavy (non-hydrogen) atoms. The van der Waals surface area contributed by atoms with Crippen molar-refractivity contribution in [1.82, 2.24) is 10.2 Å². The molecule has 1 fully saturated rings. The summed E-state index contributed by atoms with van der Waals surface area (Å²) in [6, 6.07) is 4.80. The number of hydrogen-bond donors (Lipinski definition) is 1. The van der Waals surface area contributed by atoms with Crippen molar-refractivity contribution >= 4 is 27.3 Å². The van der Waals surface area contributed by atoms with E-state index in [4.69, 9.17) is 0 Å². The maximum atomic E-state index is 3.75. The van der Waals surface area contributed by atoms with Crippen molar-refractivity contribution in [3.8, 4) is 0 Å². The summed E-state index contributed by atoms with van der Waals surface area (Å²) >= 11 is 5.37. The molecule has 0 bridgehead atoms. The second-order valence-electron chi connectivity index (χ2n) is 5.92. The molecule has 2 rings (SSSR count). The first-order valence-corrected chi connectivity index (χ1v) is 8.80. The van der Waals surface area contributed by atoms with Crippen molar-refractivity contribution in [3.63, 3.8) is 0 Å². The molecule has 0 amide bonds. The Morgan fingerprint density at radius 3 is 2.53 bits per heavy atom. The Labute approximate surface area is 129 Å². The van der Waals surface area contributed by atoms with Gasteiger partial charge in [0.25, 0.3) is 0 Å². The molecule has 1 aromatic heterocycles. The third-order valence-corrected chi connectivity index (χ3v) is 6.30. The second-order valence-corrected chi connectivity index (χ2v) is 8.42. The molecular weight excluding hydrogens is 320 g/mol. The summed E-state index contributed by atoms with van der Waals surface area (Å²) < 4.78 is 1.22. The van der Waals surface area contributed by atoms with Crippen LogP contribution in [0.25, 0.3) is 0 Å². The van der Waals surface area contributed by atoms with Crippen LogP contribution < -0.4 is 5.32 Å². The highest BCUT2D eigenvalue weighted by molar-refractivity contribution is 9.11. The molecule has 1 saturated carbocycles. The van der Waals surface area contributed by atoms with Crippen LogP contribution in [0, 0.1) is 0 Å². The molecular formula is C15H25BrN2S. The van der Waals surface area contributed by atoms with Gasteiger partial charge in [0, 0.05) is 23.0 Å². The van der Waals surface area contributed by atoms with Crippen molar-refractivity contribution in [3.05, 3.63) is 20.8 Å². The molecule has 2 nitrogen and oxygen atoms in total. The zero-order valence-corrected chi connectivity index (χ0v) is 14.6. The van der Waals surface area contributed by atoms with Crippen molar-refractivity contribution in [1.29, 1.82) is 0 Å². The minimum atomic E-state index is 0.362. The first-order valence-electron chi connectivity index (χ1n) is 7.19. The summed E-state index contributed by atoms with van der Waals surface area (Å²) in [6.07, 6.45) is 6.81. The molecule has 1 aliphatic rings. The quantitative estimate of drug-likeness (QED) is 0.850. The molecule has 1 aliphatic carbocycles. The molecule has 1 unspecified atom stereocenters. The molecule has 0 aliphatic heterocycles. The Hall–Kier alpha value is 0.1000. The van der Waals surface area contributed by atoms with Gasteiger partial charge in [0.2, 0.25) is 0 Å². The molecule has 1 N–H and O–H groups in total. The lowest BCUT2D eigenvalue weighted by Gasteiger charge is -2.43. The van der Waals surface area contributed by atoms with E-state index >= 15 is 0 Å². The lowest BCUT2D eigenvalue weighted by molar-refractivity contribution is 0.0960. The maximum Gasteiger partial charge on any atom is 0.0701 e. The van der Waals surface area contributed by atoms with Crippen LogP contribution in [0.5, 0.6) is 0 Å². The molecule has 0 spiro atoms. The van der Waals surface area contributed by atoms with Crippen molar-refractivity contribution in [2.75, 3.05) is 20.6 Å². The normalized spacial score (nSPS) is 20.7. The molecule has 0 saturated heterocycles. The predicted molar refractivity (Wildman–Crippen MR) is 87.9 cm³/mol.